The van der Waals surface area contributed by atoms with Crippen molar-refractivity contribution in [3.05, 3.63) is 0 Å². The lowest BCUT2D eigenvalue weighted by molar-refractivity contribution is -0.281. The van der Waals surface area contributed by atoms with E-state index in [2.05, 4.69) is 29.0 Å². The van der Waals surface area contributed by atoms with Crippen molar-refractivity contribution >= 4 is 11.9 Å². The van der Waals surface area contributed by atoms with Gasteiger partial charge in [-0.3, -0.25) is 9.69 Å². The van der Waals surface area contributed by atoms with Crippen LogP contribution in [0.25, 0.3) is 0 Å². The Bertz CT molecular complexity index is 657. The summed E-state index contributed by atoms with van der Waals surface area (Å²) in [6.07, 6.45) is 4.90. The SMILES string of the molecule is CCOC(=O)[C@H]1CC[C@H](OC(C(=O)OC(C)(C)C)(N2CCCC2)N2C[C@H](C)N[C@@H](C)C2)CC1. The van der Waals surface area contributed by atoms with E-state index in [0.717, 1.165) is 51.6 Å². The van der Waals surface area contributed by atoms with Crippen LogP contribution in [0.5, 0.6) is 0 Å². The van der Waals surface area contributed by atoms with Crippen LogP contribution < -0.4 is 5.32 Å². The lowest BCUT2D eigenvalue weighted by atomic mass is 9.87. The lowest BCUT2D eigenvalue weighted by Gasteiger charge is -2.52. The van der Waals surface area contributed by atoms with Gasteiger partial charge in [0.1, 0.15) is 5.60 Å². The predicted octanol–water partition coefficient (Wildman–Crippen LogP) is 2.90. The molecule has 1 unspecified atom stereocenters. The summed E-state index contributed by atoms with van der Waals surface area (Å²) in [4.78, 5) is 30.6. The molecule has 3 fully saturated rings. The van der Waals surface area contributed by atoms with Gasteiger partial charge in [0.2, 0.25) is 0 Å². The number of esters is 2. The number of piperazine rings is 1. The molecule has 2 heterocycles. The Morgan fingerprint density at radius 3 is 2.03 bits per heavy atom. The van der Waals surface area contributed by atoms with Gasteiger partial charge in [-0.1, -0.05) is 0 Å². The third-order valence-electron chi connectivity index (χ3n) is 6.81. The van der Waals surface area contributed by atoms with Crippen molar-refractivity contribution in [3.8, 4) is 0 Å². The highest BCUT2D eigenvalue weighted by Gasteiger charge is 2.56. The van der Waals surface area contributed by atoms with E-state index in [1.54, 1.807) is 0 Å². The number of hydrogen-bond acceptors (Lipinski definition) is 8. The van der Waals surface area contributed by atoms with Crippen molar-refractivity contribution < 1.29 is 23.8 Å². The van der Waals surface area contributed by atoms with E-state index in [4.69, 9.17) is 14.2 Å². The van der Waals surface area contributed by atoms with E-state index in [1.165, 1.54) is 0 Å². The first kappa shape index (κ1) is 26.4. The Morgan fingerprint density at radius 1 is 0.939 bits per heavy atom. The van der Waals surface area contributed by atoms with E-state index < -0.39 is 11.4 Å². The number of carbonyl (C=O) groups is 2. The topological polar surface area (TPSA) is 80.3 Å². The van der Waals surface area contributed by atoms with Crippen molar-refractivity contribution in [1.29, 1.82) is 0 Å². The molecule has 1 saturated carbocycles. The Hall–Kier alpha value is -1.22. The summed E-state index contributed by atoms with van der Waals surface area (Å²) in [6.45, 7) is 15.3. The molecule has 0 radical (unpaired) electrons. The largest absolute Gasteiger partial charge is 0.466 e. The zero-order chi connectivity index (χ0) is 24.2. The molecule has 2 saturated heterocycles. The molecule has 0 aromatic heterocycles. The summed E-state index contributed by atoms with van der Waals surface area (Å²) in [6, 6.07) is 0.475. The van der Waals surface area contributed by atoms with Crippen molar-refractivity contribution in [2.75, 3.05) is 32.8 Å². The molecule has 0 bridgehead atoms. The normalized spacial score (nSPS) is 31.7. The average Bonchev–Trinajstić information content (AvgIpc) is 3.25. The van der Waals surface area contributed by atoms with Crippen molar-refractivity contribution in [2.24, 2.45) is 5.92 Å². The van der Waals surface area contributed by atoms with Gasteiger partial charge in [-0.05, 0) is 80.1 Å². The molecule has 8 heteroatoms. The van der Waals surface area contributed by atoms with Gasteiger partial charge >= 0.3 is 11.9 Å². The summed E-state index contributed by atoms with van der Waals surface area (Å²) >= 11 is 0. The fourth-order valence-electron chi connectivity index (χ4n) is 5.50. The molecule has 2 aliphatic heterocycles. The fourth-order valence-corrected chi connectivity index (χ4v) is 5.50. The van der Waals surface area contributed by atoms with Gasteiger partial charge in [-0.2, -0.15) is 0 Å². The van der Waals surface area contributed by atoms with Gasteiger partial charge in [-0.25, -0.2) is 9.69 Å². The zero-order valence-corrected chi connectivity index (χ0v) is 21.5. The van der Waals surface area contributed by atoms with Gasteiger partial charge in [0.05, 0.1) is 18.6 Å². The Kier molecular flexibility index (Phi) is 8.81. The first-order valence-corrected chi connectivity index (χ1v) is 12.9. The molecule has 3 atom stereocenters. The van der Waals surface area contributed by atoms with Crippen molar-refractivity contribution in [2.45, 2.75) is 110 Å². The van der Waals surface area contributed by atoms with Crippen molar-refractivity contribution in [1.82, 2.24) is 15.1 Å². The first-order valence-electron chi connectivity index (χ1n) is 12.9. The third-order valence-corrected chi connectivity index (χ3v) is 6.81. The maximum absolute atomic E-state index is 14.0. The van der Waals surface area contributed by atoms with Crippen LogP contribution >= 0.6 is 0 Å². The summed E-state index contributed by atoms with van der Waals surface area (Å²) in [5.74, 6) is -1.74. The lowest BCUT2D eigenvalue weighted by Crippen LogP contribution is -2.73. The van der Waals surface area contributed by atoms with Crippen LogP contribution in [0.1, 0.15) is 80.1 Å². The molecule has 1 N–H and O–H groups in total. The summed E-state index contributed by atoms with van der Waals surface area (Å²) in [7, 11) is 0. The summed E-state index contributed by atoms with van der Waals surface area (Å²) in [5.41, 5.74) is -0.613. The van der Waals surface area contributed by atoms with Crippen LogP contribution in [0.3, 0.4) is 0 Å². The second-order valence-electron chi connectivity index (χ2n) is 11.0. The summed E-state index contributed by atoms with van der Waals surface area (Å²) < 4.78 is 18.2. The van der Waals surface area contributed by atoms with Crippen LogP contribution in [-0.4, -0.2) is 84.2 Å². The number of nitrogens with one attached hydrogen (secondary N) is 1. The predicted molar refractivity (Wildman–Crippen MR) is 126 cm³/mol. The number of nitrogens with zero attached hydrogens (tertiary/aromatic N) is 2. The second kappa shape index (κ2) is 11.0. The highest BCUT2D eigenvalue weighted by molar-refractivity contribution is 5.79. The highest BCUT2D eigenvalue weighted by atomic mass is 16.6. The fraction of sp³-hybridized carbons (Fsp3) is 0.920. The van der Waals surface area contributed by atoms with Crippen LogP contribution in [0.4, 0.5) is 0 Å². The van der Waals surface area contributed by atoms with Crippen LogP contribution in [0, 0.1) is 5.92 Å². The molecule has 0 spiro atoms. The maximum atomic E-state index is 14.0. The Labute approximate surface area is 199 Å². The molecule has 1 aliphatic carbocycles. The molecule has 3 rings (SSSR count). The molecule has 0 aromatic carbocycles. The number of hydrogen-bond donors (Lipinski definition) is 1. The molecule has 33 heavy (non-hydrogen) atoms. The minimum Gasteiger partial charge on any atom is -0.466 e. The van der Waals surface area contributed by atoms with Crippen molar-refractivity contribution in [3.63, 3.8) is 0 Å². The molecular weight excluding hydrogens is 422 g/mol. The smallest absolute Gasteiger partial charge is 0.371 e. The van der Waals surface area contributed by atoms with E-state index in [0.29, 0.717) is 19.7 Å². The standard InChI is InChI=1S/C25H45N3O5/c1-7-31-22(29)20-10-12-21(13-11-20)32-25(27-14-8-9-15-27,23(30)33-24(4,5)6)28-16-18(2)26-19(3)17-28/h18-21,26H,7-17H2,1-6H3/t18-,19-,20-,21-,25?/m0/s1. The van der Waals surface area contributed by atoms with E-state index in [-0.39, 0.29) is 36.0 Å². The second-order valence-corrected chi connectivity index (χ2v) is 11.0. The first-order chi connectivity index (χ1) is 15.5. The molecule has 0 aromatic rings. The van der Waals surface area contributed by atoms with Gasteiger partial charge in [-0.15, -0.1) is 0 Å². The average molecular weight is 468 g/mol. The van der Waals surface area contributed by atoms with E-state index in [1.807, 2.05) is 27.7 Å². The minimum atomic E-state index is -1.24. The molecule has 0 amide bonds. The third kappa shape index (κ3) is 6.47. The Balaban J connectivity index is 1.88. The van der Waals surface area contributed by atoms with Gasteiger partial charge in [0.25, 0.3) is 5.85 Å². The molecule has 3 aliphatic rings. The minimum absolute atomic E-state index is 0.0771. The van der Waals surface area contributed by atoms with Crippen LogP contribution in [0.2, 0.25) is 0 Å². The molecule has 8 nitrogen and oxygen atoms in total. The molecular formula is C25H45N3O5. The number of carbonyl (C=O) groups excluding carboxylic acids is 2. The Morgan fingerprint density at radius 2 is 1.52 bits per heavy atom. The number of ether oxygens (including phenoxy) is 3. The van der Waals surface area contributed by atoms with Gasteiger partial charge in [0, 0.05) is 38.3 Å². The van der Waals surface area contributed by atoms with Crippen LogP contribution in [-0.2, 0) is 23.8 Å². The maximum Gasteiger partial charge on any atom is 0.371 e. The quantitative estimate of drug-likeness (QED) is 0.573. The highest BCUT2D eigenvalue weighted by Crippen LogP contribution is 2.37. The van der Waals surface area contributed by atoms with Gasteiger partial charge in [0.15, 0.2) is 0 Å². The number of likely N-dealkylation sites (tertiary alicyclic amines) is 1. The zero-order valence-electron chi connectivity index (χ0n) is 21.5. The van der Waals surface area contributed by atoms with E-state index >= 15 is 0 Å². The van der Waals surface area contributed by atoms with Gasteiger partial charge < -0.3 is 19.5 Å². The summed E-state index contributed by atoms with van der Waals surface area (Å²) in [5, 5.41) is 3.57. The number of rotatable bonds is 7. The van der Waals surface area contributed by atoms with Crippen LogP contribution in [0.15, 0.2) is 0 Å². The molecule has 190 valence electrons. The van der Waals surface area contributed by atoms with E-state index in [9.17, 15) is 9.59 Å². The monoisotopic (exact) mass is 467 g/mol.